The molecular formula is C21H29ClN4O6S. The monoisotopic (exact) mass is 500 g/mol. The largest absolute Gasteiger partial charge is 0.444 e. The van der Waals surface area contributed by atoms with Crippen LogP contribution in [0.2, 0.25) is 5.02 Å². The average molecular weight is 501 g/mol. The summed E-state index contributed by atoms with van der Waals surface area (Å²) >= 11 is 6.10. The SMILES string of the molecule is C=CCN1c2c(cc(Cl)cc2[N+](=O)[O-])CN(CC2CCCN(C(=O)OC(C)(C)C)C2)S1(=O)=O. The highest BCUT2D eigenvalue weighted by Crippen LogP contribution is 2.42. The lowest BCUT2D eigenvalue weighted by Crippen LogP contribution is -2.51. The van der Waals surface area contributed by atoms with E-state index in [0.717, 1.165) is 23.2 Å². The van der Waals surface area contributed by atoms with Crippen LogP contribution < -0.4 is 4.31 Å². The molecule has 1 atom stereocenters. The molecule has 0 aromatic heterocycles. The number of carbonyl (C=O) groups excluding carboxylic acids is 1. The summed E-state index contributed by atoms with van der Waals surface area (Å²) in [4.78, 5) is 25.1. The zero-order valence-corrected chi connectivity index (χ0v) is 20.6. The lowest BCUT2D eigenvalue weighted by molar-refractivity contribution is -0.384. The third kappa shape index (κ3) is 5.59. The number of hydrogen-bond donors (Lipinski definition) is 0. The Balaban J connectivity index is 1.88. The molecule has 2 heterocycles. The highest BCUT2D eigenvalue weighted by atomic mass is 35.5. The van der Waals surface area contributed by atoms with Crippen molar-refractivity contribution < 1.29 is 22.9 Å². The van der Waals surface area contributed by atoms with Crippen LogP contribution in [0.3, 0.4) is 0 Å². The van der Waals surface area contributed by atoms with E-state index < -0.39 is 26.8 Å². The minimum absolute atomic E-state index is 0.0135. The summed E-state index contributed by atoms with van der Waals surface area (Å²) in [6.45, 7) is 9.90. The number of hydrogen-bond acceptors (Lipinski definition) is 6. The van der Waals surface area contributed by atoms with Crippen LogP contribution in [0.4, 0.5) is 16.2 Å². The molecule has 1 aromatic carbocycles. The predicted molar refractivity (Wildman–Crippen MR) is 126 cm³/mol. The van der Waals surface area contributed by atoms with Crippen molar-refractivity contribution >= 4 is 39.3 Å². The van der Waals surface area contributed by atoms with Crippen LogP contribution in [0.25, 0.3) is 0 Å². The van der Waals surface area contributed by atoms with Gasteiger partial charge in [0.15, 0.2) is 0 Å². The molecule has 2 aliphatic heterocycles. The second-order valence-electron chi connectivity index (χ2n) is 9.24. The van der Waals surface area contributed by atoms with Gasteiger partial charge in [0.25, 0.3) is 5.69 Å². The fraction of sp³-hybridized carbons (Fsp3) is 0.571. The number of nitrogens with zero attached hydrogens (tertiary/aromatic N) is 4. The third-order valence-electron chi connectivity index (χ3n) is 5.46. The number of benzene rings is 1. The molecule has 182 valence electrons. The van der Waals surface area contributed by atoms with E-state index in [1.165, 1.54) is 10.4 Å². The van der Waals surface area contributed by atoms with Crippen molar-refractivity contribution in [3.63, 3.8) is 0 Å². The van der Waals surface area contributed by atoms with Gasteiger partial charge < -0.3 is 9.64 Å². The van der Waals surface area contributed by atoms with E-state index in [1.807, 2.05) is 0 Å². The summed E-state index contributed by atoms with van der Waals surface area (Å²) in [6.07, 6.45) is 2.43. The van der Waals surface area contributed by atoms with Gasteiger partial charge in [0.2, 0.25) is 0 Å². The van der Waals surface area contributed by atoms with E-state index in [1.54, 1.807) is 31.7 Å². The van der Waals surface area contributed by atoms with Crippen molar-refractivity contribution in [3.8, 4) is 0 Å². The first-order valence-corrected chi connectivity index (χ1v) is 12.4. The second kappa shape index (κ2) is 9.47. The normalized spacial score (nSPS) is 20.8. The maximum absolute atomic E-state index is 13.4. The number of halogens is 1. The Labute approximate surface area is 199 Å². The van der Waals surface area contributed by atoms with Crippen molar-refractivity contribution in [1.82, 2.24) is 9.21 Å². The van der Waals surface area contributed by atoms with Gasteiger partial charge >= 0.3 is 16.3 Å². The maximum Gasteiger partial charge on any atom is 0.410 e. The van der Waals surface area contributed by atoms with E-state index in [-0.39, 0.29) is 41.9 Å². The van der Waals surface area contributed by atoms with E-state index in [0.29, 0.717) is 18.7 Å². The van der Waals surface area contributed by atoms with E-state index >= 15 is 0 Å². The predicted octanol–water partition coefficient (Wildman–Crippen LogP) is 3.95. The average Bonchev–Trinajstić information content (AvgIpc) is 2.69. The number of nitro groups is 1. The highest BCUT2D eigenvalue weighted by Gasteiger charge is 2.42. The minimum Gasteiger partial charge on any atom is -0.444 e. The Morgan fingerprint density at radius 1 is 1.39 bits per heavy atom. The molecule has 0 radical (unpaired) electrons. The van der Waals surface area contributed by atoms with Gasteiger partial charge in [-0.3, -0.25) is 10.1 Å². The quantitative estimate of drug-likeness (QED) is 0.343. The first-order chi connectivity index (χ1) is 15.3. The van der Waals surface area contributed by atoms with Crippen LogP contribution in [0.15, 0.2) is 24.8 Å². The van der Waals surface area contributed by atoms with Crippen molar-refractivity contribution in [2.24, 2.45) is 5.92 Å². The standard InChI is InChI=1S/C21H29ClN4O6S/c1-5-8-25-19-16(10-17(22)11-18(19)26(28)29)14-24(33(25,30)31)13-15-7-6-9-23(12-15)20(27)32-21(2,3)4/h5,10-11,15H,1,6-9,12-14H2,2-4H3. The number of ether oxygens (including phenoxy) is 1. The third-order valence-corrected chi connectivity index (χ3v) is 7.50. The van der Waals surface area contributed by atoms with Gasteiger partial charge in [0.05, 0.1) is 11.5 Å². The molecule has 0 spiro atoms. The molecule has 1 amide bonds. The Bertz CT molecular complexity index is 1060. The number of likely N-dealkylation sites (tertiary alicyclic amines) is 1. The highest BCUT2D eigenvalue weighted by molar-refractivity contribution is 7.90. The molecule has 2 aliphatic rings. The Morgan fingerprint density at radius 3 is 2.70 bits per heavy atom. The van der Waals surface area contributed by atoms with Crippen molar-refractivity contribution in [2.45, 2.75) is 45.8 Å². The zero-order chi connectivity index (χ0) is 24.6. The number of amides is 1. The van der Waals surface area contributed by atoms with Crippen LogP contribution in [-0.4, -0.2) is 60.4 Å². The number of carbonyl (C=O) groups is 1. The maximum atomic E-state index is 13.4. The molecule has 1 aromatic rings. The number of anilines is 1. The van der Waals surface area contributed by atoms with Crippen molar-refractivity contribution in [3.05, 3.63) is 45.5 Å². The summed E-state index contributed by atoms with van der Waals surface area (Å²) in [7, 11) is -4.06. The molecule has 3 rings (SSSR count). The van der Waals surface area contributed by atoms with E-state index in [2.05, 4.69) is 6.58 Å². The van der Waals surface area contributed by atoms with Gasteiger partial charge in [-0.2, -0.15) is 12.7 Å². The Kier molecular flexibility index (Phi) is 7.25. The lowest BCUT2D eigenvalue weighted by atomic mass is 9.98. The Hall–Kier alpha value is -2.37. The zero-order valence-electron chi connectivity index (χ0n) is 19.0. The van der Waals surface area contributed by atoms with Gasteiger partial charge in [-0.15, -0.1) is 6.58 Å². The van der Waals surface area contributed by atoms with Crippen molar-refractivity contribution in [1.29, 1.82) is 0 Å². The molecule has 10 nitrogen and oxygen atoms in total. The Morgan fingerprint density at radius 2 is 2.09 bits per heavy atom. The number of rotatable bonds is 5. The molecule has 1 unspecified atom stereocenters. The first kappa shape index (κ1) is 25.3. The molecule has 1 fully saturated rings. The lowest BCUT2D eigenvalue weighted by Gasteiger charge is -2.40. The molecule has 0 aliphatic carbocycles. The molecule has 0 bridgehead atoms. The van der Waals surface area contributed by atoms with Crippen LogP contribution in [0.5, 0.6) is 0 Å². The molecule has 1 saturated heterocycles. The molecule has 33 heavy (non-hydrogen) atoms. The molecular weight excluding hydrogens is 472 g/mol. The van der Waals surface area contributed by atoms with Gasteiger partial charge in [0.1, 0.15) is 11.3 Å². The van der Waals surface area contributed by atoms with E-state index in [4.69, 9.17) is 16.3 Å². The van der Waals surface area contributed by atoms with Crippen LogP contribution in [0.1, 0.15) is 39.2 Å². The van der Waals surface area contributed by atoms with Crippen LogP contribution in [0, 0.1) is 16.0 Å². The summed E-state index contributed by atoms with van der Waals surface area (Å²) in [5, 5.41) is 11.8. The fourth-order valence-electron chi connectivity index (χ4n) is 4.17. The van der Waals surface area contributed by atoms with Crippen LogP contribution >= 0.6 is 11.6 Å². The number of fused-ring (bicyclic) bond motifs is 1. The van der Waals surface area contributed by atoms with Gasteiger partial charge in [-0.1, -0.05) is 17.7 Å². The van der Waals surface area contributed by atoms with Crippen LogP contribution in [-0.2, 0) is 21.5 Å². The molecule has 0 saturated carbocycles. The topological polar surface area (TPSA) is 113 Å². The first-order valence-electron chi connectivity index (χ1n) is 10.7. The summed E-state index contributed by atoms with van der Waals surface area (Å²) in [5.74, 6) is -0.109. The second-order valence-corrected chi connectivity index (χ2v) is 11.5. The molecule has 12 heteroatoms. The van der Waals surface area contributed by atoms with Gasteiger partial charge in [-0.05, 0) is 45.6 Å². The summed E-state index contributed by atoms with van der Waals surface area (Å²) < 4.78 is 34.6. The molecule has 0 N–H and O–H groups in total. The van der Waals surface area contributed by atoms with Gasteiger partial charge in [0, 0.05) is 42.8 Å². The number of nitro benzene ring substituents is 1. The van der Waals surface area contributed by atoms with Gasteiger partial charge in [-0.25, -0.2) is 9.10 Å². The number of piperidine rings is 1. The smallest absolute Gasteiger partial charge is 0.410 e. The minimum atomic E-state index is -4.06. The summed E-state index contributed by atoms with van der Waals surface area (Å²) in [6, 6.07) is 2.71. The van der Waals surface area contributed by atoms with E-state index in [9.17, 15) is 23.3 Å². The fourth-order valence-corrected chi connectivity index (χ4v) is 6.12. The summed E-state index contributed by atoms with van der Waals surface area (Å²) in [5.41, 5.74) is -0.523. The van der Waals surface area contributed by atoms with Crippen molar-refractivity contribution in [2.75, 3.05) is 30.5 Å².